The highest BCUT2D eigenvalue weighted by molar-refractivity contribution is 8.00. The number of hydrogen-bond donors (Lipinski definition) is 1. The first-order valence-corrected chi connectivity index (χ1v) is 12.2. The van der Waals surface area contributed by atoms with Crippen molar-refractivity contribution in [1.82, 2.24) is 14.9 Å². The molecule has 0 fully saturated rings. The highest BCUT2D eigenvalue weighted by atomic mass is 32.2. The van der Waals surface area contributed by atoms with Gasteiger partial charge < -0.3 is 5.32 Å². The lowest BCUT2D eigenvalue weighted by Gasteiger charge is -2.18. The molecule has 2 atom stereocenters. The zero-order chi connectivity index (χ0) is 22.1. The number of benzene rings is 1. The summed E-state index contributed by atoms with van der Waals surface area (Å²) in [5, 5.41) is 7.52. The van der Waals surface area contributed by atoms with Gasteiger partial charge in [0.1, 0.15) is 10.6 Å². The second-order valence-corrected chi connectivity index (χ2v) is 10.2. The minimum Gasteiger partial charge on any atom is -0.349 e. The molecule has 160 valence electrons. The van der Waals surface area contributed by atoms with Crippen LogP contribution in [0, 0.1) is 5.82 Å². The van der Waals surface area contributed by atoms with Crippen molar-refractivity contribution < 1.29 is 9.18 Å². The van der Waals surface area contributed by atoms with Gasteiger partial charge in [-0.25, -0.2) is 9.37 Å². The fourth-order valence-corrected chi connectivity index (χ4v) is 5.83. The largest absolute Gasteiger partial charge is 0.349 e. The van der Waals surface area contributed by atoms with E-state index >= 15 is 0 Å². The van der Waals surface area contributed by atoms with Gasteiger partial charge in [-0.3, -0.25) is 14.2 Å². The number of carbonyl (C=O) groups is 1. The van der Waals surface area contributed by atoms with Crippen LogP contribution in [0.2, 0.25) is 0 Å². The van der Waals surface area contributed by atoms with Crippen molar-refractivity contribution in [2.24, 2.45) is 7.05 Å². The van der Waals surface area contributed by atoms with E-state index in [1.807, 2.05) is 29.8 Å². The quantitative estimate of drug-likeness (QED) is 0.308. The summed E-state index contributed by atoms with van der Waals surface area (Å²) in [5.41, 5.74) is 1.60. The van der Waals surface area contributed by atoms with E-state index in [1.165, 1.54) is 39.8 Å². The fraction of sp³-hybridized carbons (Fsp3) is 0.227. The van der Waals surface area contributed by atoms with E-state index in [9.17, 15) is 14.0 Å². The van der Waals surface area contributed by atoms with E-state index in [0.717, 1.165) is 16.0 Å². The van der Waals surface area contributed by atoms with E-state index in [1.54, 1.807) is 37.4 Å². The maximum absolute atomic E-state index is 13.1. The maximum Gasteiger partial charge on any atom is 0.263 e. The number of nitrogens with zero attached hydrogens (tertiary/aromatic N) is 2. The van der Waals surface area contributed by atoms with Gasteiger partial charge in [-0.2, -0.15) is 0 Å². The summed E-state index contributed by atoms with van der Waals surface area (Å²) >= 11 is 4.26. The van der Waals surface area contributed by atoms with Crippen molar-refractivity contribution in [3.05, 3.63) is 68.9 Å². The van der Waals surface area contributed by atoms with E-state index in [4.69, 9.17) is 0 Å². The fourth-order valence-electron chi connectivity index (χ4n) is 3.15. The maximum atomic E-state index is 13.1. The standard InChI is InChI=1S/C22H20FN3O2S3/c1-12(14-6-8-15(23)9-7-14)24-19(27)13(2)31-22-25-20-18(21(28)26(22)3)16(11-30-20)17-5-4-10-29-17/h4-13H,1-3H3,(H,24,27). The van der Waals surface area contributed by atoms with Crippen LogP contribution in [0.1, 0.15) is 25.5 Å². The summed E-state index contributed by atoms with van der Waals surface area (Å²) in [7, 11) is 1.68. The summed E-state index contributed by atoms with van der Waals surface area (Å²) in [5.74, 6) is -0.494. The van der Waals surface area contributed by atoms with Crippen LogP contribution in [-0.2, 0) is 11.8 Å². The van der Waals surface area contributed by atoms with E-state index in [2.05, 4.69) is 10.3 Å². The molecule has 1 amide bonds. The molecule has 0 saturated heterocycles. The second kappa shape index (κ2) is 8.94. The molecule has 4 aromatic rings. The van der Waals surface area contributed by atoms with Gasteiger partial charge in [0.05, 0.1) is 16.7 Å². The lowest BCUT2D eigenvalue weighted by atomic mass is 10.1. The van der Waals surface area contributed by atoms with Gasteiger partial charge in [0.25, 0.3) is 5.56 Å². The SMILES string of the molecule is CC(Sc1nc2scc(-c3cccs3)c2c(=O)n1C)C(=O)NC(C)c1ccc(F)cc1. The van der Waals surface area contributed by atoms with Crippen LogP contribution in [0.4, 0.5) is 4.39 Å². The first kappa shape index (κ1) is 21.7. The lowest BCUT2D eigenvalue weighted by molar-refractivity contribution is -0.120. The van der Waals surface area contributed by atoms with Crippen molar-refractivity contribution in [3.8, 4) is 10.4 Å². The number of hydrogen-bond acceptors (Lipinski definition) is 6. The minimum atomic E-state index is -0.463. The summed E-state index contributed by atoms with van der Waals surface area (Å²) in [6.45, 7) is 3.62. The van der Waals surface area contributed by atoms with Crippen LogP contribution in [0.15, 0.2) is 57.1 Å². The molecule has 1 N–H and O–H groups in total. The van der Waals surface area contributed by atoms with Crippen LogP contribution < -0.4 is 10.9 Å². The molecule has 1 aromatic carbocycles. The Kier molecular flexibility index (Phi) is 6.27. The Balaban J connectivity index is 1.54. The van der Waals surface area contributed by atoms with Gasteiger partial charge >= 0.3 is 0 Å². The van der Waals surface area contributed by atoms with Gasteiger partial charge in [0.2, 0.25) is 5.91 Å². The number of fused-ring (bicyclic) bond motifs is 1. The van der Waals surface area contributed by atoms with Crippen molar-refractivity contribution in [2.75, 3.05) is 0 Å². The van der Waals surface area contributed by atoms with Gasteiger partial charge in [-0.15, -0.1) is 22.7 Å². The Hall–Kier alpha value is -2.49. The van der Waals surface area contributed by atoms with Crippen molar-refractivity contribution in [3.63, 3.8) is 0 Å². The third kappa shape index (κ3) is 4.44. The number of amides is 1. The smallest absolute Gasteiger partial charge is 0.263 e. The number of thiophene rings is 2. The lowest BCUT2D eigenvalue weighted by Crippen LogP contribution is -2.33. The molecular weight excluding hydrogens is 453 g/mol. The topological polar surface area (TPSA) is 64.0 Å². The number of carbonyl (C=O) groups excluding carboxylic acids is 1. The summed E-state index contributed by atoms with van der Waals surface area (Å²) in [6, 6.07) is 9.73. The molecule has 31 heavy (non-hydrogen) atoms. The molecule has 4 rings (SSSR count). The molecule has 0 radical (unpaired) electrons. The number of halogens is 1. The normalized spacial score (nSPS) is 13.3. The van der Waals surface area contributed by atoms with Crippen molar-refractivity contribution >= 4 is 50.6 Å². The van der Waals surface area contributed by atoms with Crippen LogP contribution in [0.3, 0.4) is 0 Å². The Morgan fingerprint density at radius 1 is 1.19 bits per heavy atom. The van der Waals surface area contributed by atoms with Gasteiger partial charge in [0.15, 0.2) is 5.16 Å². The molecule has 0 saturated carbocycles. The van der Waals surface area contributed by atoms with Gasteiger partial charge in [0, 0.05) is 22.9 Å². The Morgan fingerprint density at radius 3 is 2.61 bits per heavy atom. The first-order valence-electron chi connectivity index (χ1n) is 9.59. The molecule has 9 heteroatoms. The summed E-state index contributed by atoms with van der Waals surface area (Å²) in [6.07, 6.45) is 0. The Morgan fingerprint density at radius 2 is 1.94 bits per heavy atom. The molecule has 3 heterocycles. The zero-order valence-corrected chi connectivity index (χ0v) is 19.5. The number of thioether (sulfide) groups is 1. The van der Waals surface area contributed by atoms with E-state index in [0.29, 0.717) is 15.4 Å². The third-order valence-electron chi connectivity index (χ3n) is 4.94. The molecule has 0 aliphatic rings. The minimum absolute atomic E-state index is 0.121. The monoisotopic (exact) mass is 473 g/mol. The Labute approximate surface area is 191 Å². The highest BCUT2D eigenvalue weighted by Gasteiger charge is 2.22. The third-order valence-corrected chi connectivity index (χ3v) is 7.86. The molecule has 0 spiro atoms. The van der Waals surface area contributed by atoms with E-state index in [-0.39, 0.29) is 23.3 Å². The summed E-state index contributed by atoms with van der Waals surface area (Å²) < 4.78 is 14.6. The van der Waals surface area contributed by atoms with Gasteiger partial charge in [-0.1, -0.05) is 30.0 Å². The number of rotatable bonds is 6. The number of aromatic nitrogens is 2. The molecule has 5 nitrogen and oxygen atoms in total. The Bertz CT molecular complexity index is 1280. The van der Waals surface area contributed by atoms with Crippen LogP contribution in [0.5, 0.6) is 0 Å². The molecule has 3 aromatic heterocycles. The van der Waals surface area contributed by atoms with Gasteiger partial charge in [-0.05, 0) is 43.0 Å². The van der Waals surface area contributed by atoms with Crippen molar-refractivity contribution in [2.45, 2.75) is 30.3 Å². The highest BCUT2D eigenvalue weighted by Crippen LogP contribution is 2.34. The predicted molar refractivity (Wildman–Crippen MR) is 126 cm³/mol. The second-order valence-electron chi connectivity index (χ2n) is 7.11. The molecule has 0 bridgehead atoms. The van der Waals surface area contributed by atoms with Crippen LogP contribution >= 0.6 is 34.4 Å². The predicted octanol–water partition coefficient (Wildman–Crippen LogP) is 5.22. The van der Waals surface area contributed by atoms with E-state index < -0.39 is 5.25 Å². The van der Waals surface area contributed by atoms with Crippen LogP contribution in [-0.4, -0.2) is 20.7 Å². The van der Waals surface area contributed by atoms with Crippen molar-refractivity contribution in [1.29, 1.82) is 0 Å². The molecule has 2 unspecified atom stereocenters. The first-order chi connectivity index (χ1) is 14.8. The molecular formula is C22H20FN3O2S3. The molecule has 0 aliphatic heterocycles. The summed E-state index contributed by atoms with van der Waals surface area (Å²) in [4.78, 5) is 32.1. The molecule has 0 aliphatic carbocycles. The zero-order valence-electron chi connectivity index (χ0n) is 17.1. The average Bonchev–Trinajstić information content (AvgIpc) is 3.41. The number of nitrogens with one attached hydrogen (secondary N) is 1. The average molecular weight is 474 g/mol. The van der Waals surface area contributed by atoms with Crippen LogP contribution in [0.25, 0.3) is 20.7 Å².